The zero-order valence-corrected chi connectivity index (χ0v) is 16.6. The largest absolute Gasteiger partial charge is 0.495 e. The van der Waals surface area contributed by atoms with Gasteiger partial charge in [-0.25, -0.2) is 13.2 Å². The number of sulfonamides is 1. The summed E-state index contributed by atoms with van der Waals surface area (Å²) in [5.74, 6) is -0.802. The molecule has 1 aliphatic heterocycles. The Labute approximate surface area is 167 Å². The normalized spacial score (nSPS) is 14.6. The van der Waals surface area contributed by atoms with E-state index in [9.17, 15) is 18.3 Å². The molecule has 1 saturated heterocycles. The van der Waals surface area contributed by atoms with Gasteiger partial charge in [0.25, 0.3) is 10.0 Å². The molecule has 0 aromatic heterocycles. The third-order valence-corrected chi connectivity index (χ3v) is 5.93. The molecule has 1 heterocycles. The summed E-state index contributed by atoms with van der Waals surface area (Å²) in [5.41, 5.74) is 0.729. The number of halogens is 1. The van der Waals surface area contributed by atoms with Crippen LogP contribution < -0.4 is 14.4 Å². The number of rotatable bonds is 6. The van der Waals surface area contributed by atoms with Gasteiger partial charge in [0.1, 0.15) is 5.75 Å². The molecule has 0 bridgehead atoms. The van der Waals surface area contributed by atoms with Crippen LogP contribution in [0.25, 0.3) is 0 Å². The van der Waals surface area contributed by atoms with Gasteiger partial charge in [-0.3, -0.25) is 4.72 Å². The zero-order chi connectivity index (χ0) is 20.3. The predicted molar refractivity (Wildman–Crippen MR) is 105 cm³/mol. The van der Waals surface area contributed by atoms with E-state index in [1.54, 1.807) is 6.07 Å². The van der Waals surface area contributed by atoms with Gasteiger partial charge in [-0.2, -0.15) is 0 Å². The average molecular weight is 427 g/mol. The first kappa shape index (κ1) is 20.2. The molecule has 0 radical (unpaired) electrons. The number of nitrogens with zero attached hydrogens (tertiary/aromatic N) is 1. The van der Waals surface area contributed by atoms with Crippen molar-refractivity contribution in [1.82, 2.24) is 0 Å². The van der Waals surface area contributed by atoms with Crippen LogP contribution in [0.3, 0.4) is 0 Å². The Morgan fingerprint density at radius 1 is 1.21 bits per heavy atom. The number of hydrogen-bond donors (Lipinski definition) is 2. The number of carbonyl (C=O) groups is 1. The van der Waals surface area contributed by atoms with Gasteiger partial charge >= 0.3 is 5.97 Å². The minimum absolute atomic E-state index is 0.0255. The molecule has 150 valence electrons. The molecule has 1 aliphatic rings. The summed E-state index contributed by atoms with van der Waals surface area (Å²) in [4.78, 5) is 13.2. The quantitative estimate of drug-likeness (QED) is 0.731. The smallest absolute Gasteiger partial charge is 0.335 e. The number of ether oxygens (including phenoxy) is 2. The van der Waals surface area contributed by atoms with Crippen molar-refractivity contribution in [3.8, 4) is 5.75 Å². The Kier molecular flexibility index (Phi) is 5.97. The first-order chi connectivity index (χ1) is 13.3. The van der Waals surface area contributed by atoms with E-state index in [1.807, 2.05) is 4.90 Å². The zero-order valence-electron chi connectivity index (χ0n) is 15.0. The van der Waals surface area contributed by atoms with E-state index in [0.29, 0.717) is 37.7 Å². The summed E-state index contributed by atoms with van der Waals surface area (Å²) in [6, 6.07) is 8.42. The van der Waals surface area contributed by atoms with Crippen molar-refractivity contribution in [3.63, 3.8) is 0 Å². The lowest BCUT2D eigenvalue weighted by Crippen LogP contribution is -2.36. The molecule has 0 aliphatic carbocycles. The molecular formula is C18H19ClN2O6S. The maximum Gasteiger partial charge on any atom is 0.335 e. The van der Waals surface area contributed by atoms with Gasteiger partial charge in [-0.15, -0.1) is 0 Å². The minimum Gasteiger partial charge on any atom is -0.495 e. The Bertz CT molecular complexity index is 990. The fraction of sp³-hybridized carbons (Fsp3) is 0.278. The number of benzene rings is 2. The lowest BCUT2D eigenvalue weighted by atomic mass is 10.1. The van der Waals surface area contributed by atoms with Crippen LogP contribution in [0.1, 0.15) is 10.4 Å². The van der Waals surface area contributed by atoms with Crippen LogP contribution in [-0.4, -0.2) is 52.9 Å². The highest BCUT2D eigenvalue weighted by molar-refractivity contribution is 7.92. The van der Waals surface area contributed by atoms with E-state index in [2.05, 4.69) is 4.72 Å². The first-order valence-electron chi connectivity index (χ1n) is 8.38. The minimum atomic E-state index is -4.01. The fourth-order valence-electron chi connectivity index (χ4n) is 2.85. The molecule has 3 rings (SSSR count). The van der Waals surface area contributed by atoms with Crippen LogP contribution in [0.2, 0.25) is 5.02 Å². The summed E-state index contributed by atoms with van der Waals surface area (Å²) >= 11 is 6.04. The summed E-state index contributed by atoms with van der Waals surface area (Å²) in [5, 5.41) is 9.43. The molecule has 28 heavy (non-hydrogen) atoms. The number of hydrogen-bond acceptors (Lipinski definition) is 6. The fourth-order valence-corrected chi connectivity index (χ4v) is 4.26. The van der Waals surface area contributed by atoms with Crippen LogP contribution in [0, 0.1) is 0 Å². The Balaban J connectivity index is 1.99. The molecule has 0 amide bonds. The Morgan fingerprint density at radius 2 is 1.93 bits per heavy atom. The van der Waals surface area contributed by atoms with E-state index < -0.39 is 16.0 Å². The molecule has 2 aromatic rings. The van der Waals surface area contributed by atoms with Crippen LogP contribution in [0.4, 0.5) is 11.4 Å². The molecule has 0 saturated carbocycles. The maximum atomic E-state index is 12.9. The van der Waals surface area contributed by atoms with Crippen molar-refractivity contribution >= 4 is 39.0 Å². The second kappa shape index (κ2) is 8.26. The molecule has 8 nitrogen and oxygen atoms in total. The van der Waals surface area contributed by atoms with Gasteiger partial charge in [-0.05, 0) is 36.4 Å². The molecule has 0 spiro atoms. The van der Waals surface area contributed by atoms with Crippen LogP contribution in [0.5, 0.6) is 5.75 Å². The number of aromatic carboxylic acids is 1. The van der Waals surface area contributed by atoms with Crippen LogP contribution in [0.15, 0.2) is 41.3 Å². The lowest BCUT2D eigenvalue weighted by molar-refractivity contribution is 0.0697. The van der Waals surface area contributed by atoms with Gasteiger partial charge in [0.05, 0.1) is 47.2 Å². The van der Waals surface area contributed by atoms with Crippen molar-refractivity contribution in [2.45, 2.75) is 4.90 Å². The number of anilines is 2. The number of carboxylic acids is 1. The number of nitrogens with one attached hydrogen (secondary N) is 1. The molecule has 0 unspecified atom stereocenters. The van der Waals surface area contributed by atoms with Crippen molar-refractivity contribution in [3.05, 3.63) is 47.0 Å². The van der Waals surface area contributed by atoms with Gasteiger partial charge in [-0.1, -0.05) is 11.6 Å². The van der Waals surface area contributed by atoms with Crippen molar-refractivity contribution in [2.75, 3.05) is 43.0 Å². The summed E-state index contributed by atoms with van der Waals surface area (Å²) < 4.78 is 38.6. The third-order valence-electron chi connectivity index (χ3n) is 4.27. The highest BCUT2D eigenvalue weighted by Crippen LogP contribution is 2.32. The number of morpholine rings is 1. The summed E-state index contributed by atoms with van der Waals surface area (Å²) in [6.07, 6.45) is 0. The molecule has 1 fully saturated rings. The van der Waals surface area contributed by atoms with Crippen LogP contribution in [-0.2, 0) is 14.8 Å². The standard InChI is InChI=1S/C18H19ClN2O6S/c1-26-17-5-3-13(11-14(17)19)28(24,25)20-15-10-12(18(22)23)2-4-16(15)21-6-8-27-9-7-21/h2-5,10-11,20H,6-9H2,1H3,(H,22,23). The first-order valence-corrected chi connectivity index (χ1v) is 10.2. The van der Waals surface area contributed by atoms with Gasteiger partial charge in [0.2, 0.25) is 0 Å². The summed E-state index contributed by atoms with van der Waals surface area (Å²) in [6.45, 7) is 2.13. The predicted octanol–water partition coefficient (Wildman–Crippen LogP) is 2.68. The monoisotopic (exact) mass is 426 g/mol. The van der Waals surface area contributed by atoms with E-state index in [0.717, 1.165) is 0 Å². The number of carboxylic acid groups (broad SMARTS) is 1. The van der Waals surface area contributed by atoms with Gasteiger partial charge in [0.15, 0.2) is 0 Å². The lowest BCUT2D eigenvalue weighted by Gasteiger charge is -2.30. The molecule has 2 aromatic carbocycles. The second-order valence-corrected chi connectivity index (χ2v) is 8.13. The Morgan fingerprint density at radius 3 is 2.54 bits per heavy atom. The Hall–Kier alpha value is -2.49. The van der Waals surface area contributed by atoms with Gasteiger partial charge < -0.3 is 19.5 Å². The molecule has 2 N–H and O–H groups in total. The van der Waals surface area contributed by atoms with Crippen molar-refractivity contribution < 1.29 is 27.8 Å². The van der Waals surface area contributed by atoms with E-state index in [1.165, 1.54) is 37.4 Å². The van der Waals surface area contributed by atoms with E-state index >= 15 is 0 Å². The molecule has 10 heteroatoms. The number of methoxy groups -OCH3 is 1. The highest BCUT2D eigenvalue weighted by Gasteiger charge is 2.22. The van der Waals surface area contributed by atoms with Crippen LogP contribution >= 0.6 is 11.6 Å². The average Bonchev–Trinajstić information content (AvgIpc) is 2.68. The third kappa shape index (κ3) is 4.32. The highest BCUT2D eigenvalue weighted by atomic mass is 35.5. The summed E-state index contributed by atoms with van der Waals surface area (Å²) in [7, 11) is -2.58. The second-order valence-electron chi connectivity index (χ2n) is 6.04. The van der Waals surface area contributed by atoms with E-state index in [4.69, 9.17) is 21.1 Å². The topological polar surface area (TPSA) is 105 Å². The SMILES string of the molecule is COc1ccc(S(=O)(=O)Nc2cc(C(=O)O)ccc2N2CCOCC2)cc1Cl. The van der Waals surface area contributed by atoms with Gasteiger partial charge in [0, 0.05) is 13.1 Å². The molecular weight excluding hydrogens is 408 g/mol. The van der Waals surface area contributed by atoms with E-state index in [-0.39, 0.29) is 21.2 Å². The van der Waals surface area contributed by atoms with Crippen molar-refractivity contribution in [2.24, 2.45) is 0 Å². The molecule has 0 atom stereocenters. The van der Waals surface area contributed by atoms with Crippen molar-refractivity contribution in [1.29, 1.82) is 0 Å². The maximum absolute atomic E-state index is 12.9.